The predicted molar refractivity (Wildman–Crippen MR) is 93.3 cm³/mol. The van der Waals surface area contributed by atoms with Crippen LogP contribution in [0.4, 0.5) is 0 Å². The highest BCUT2D eigenvalue weighted by Gasteiger charge is 2.25. The normalized spacial score (nSPS) is 18.1. The number of rotatable bonds is 4. The lowest BCUT2D eigenvalue weighted by Crippen LogP contribution is -2.40. The van der Waals surface area contributed by atoms with E-state index in [0.29, 0.717) is 18.7 Å². The SMILES string of the molecule is Cc1cc(C)c2cc(C(=O)N3CCCC(CCC(=O)O)C3)[nH]c2c1. The van der Waals surface area contributed by atoms with Crippen molar-refractivity contribution < 1.29 is 14.7 Å². The van der Waals surface area contributed by atoms with Crippen molar-refractivity contribution in [1.82, 2.24) is 9.88 Å². The van der Waals surface area contributed by atoms with Crippen LogP contribution in [0.25, 0.3) is 10.9 Å². The topological polar surface area (TPSA) is 73.4 Å². The first-order valence-corrected chi connectivity index (χ1v) is 8.55. The minimum Gasteiger partial charge on any atom is -0.481 e. The molecule has 5 nitrogen and oxygen atoms in total. The van der Waals surface area contributed by atoms with Crippen molar-refractivity contribution in [3.05, 3.63) is 35.0 Å². The highest BCUT2D eigenvalue weighted by molar-refractivity contribution is 5.99. The number of fused-ring (bicyclic) bond motifs is 1. The van der Waals surface area contributed by atoms with Crippen molar-refractivity contribution in [1.29, 1.82) is 0 Å². The molecule has 2 heterocycles. The molecule has 3 rings (SSSR count). The Morgan fingerprint density at radius 1 is 1.29 bits per heavy atom. The zero-order chi connectivity index (χ0) is 17.3. The highest BCUT2D eigenvalue weighted by atomic mass is 16.4. The maximum Gasteiger partial charge on any atom is 0.303 e. The molecule has 2 aromatic rings. The van der Waals surface area contributed by atoms with Crippen molar-refractivity contribution in [2.45, 2.75) is 39.5 Å². The van der Waals surface area contributed by atoms with Crippen LogP contribution in [0.3, 0.4) is 0 Å². The number of hydrogen-bond acceptors (Lipinski definition) is 2. The third-order valence-electron chi connectivity index (χ3n) is 4.89. The summed E-state index contributed by atoms with van der Waals surface area (Å²) in [6.45, 7) is 5.50. The van der Waals surface area contributed by atoms with Crippen LogP contribution in [0, 0.1) is 19.8 Å². The zero-order valence-corrected chi connectivity index (χ0v) is 14.3. The molecule has 5 heteroatoms. The Kier molecular flexibility index (Phi) is 4.60. The Hall–Kier alpha value is -2.30. The van der Waals surface area contributed by atoms with E-state index in [4.69, 9.17) is 5.11 Å². The molecule has 1 aliphatic heterocycles. The number of benzene rings is 1. The van der Waals surface area contributed by atoms with E-state index in [1.807, 2.05) is 17.9 Å². The first-order chi connectivity index (χ1) is 11.4. The molecule has 1 atom stereocenters. The lowest BCUT2D eigenvalue weighted by atomic mass is 9.93. The summed E-state index contributed by atoms with van der Waals surface area (Å²) in [6.07, 6.45) is 2.76. The molecule has 2 N–H and O–H groups in total. The Balaban J connectivity index is 1.76. The van der Waals surface area contributed by atoms with Crippen LogP contribution in [-0.4, -0.2) is 40.0 Å². The molecular weight excluding hydrogens is 304 g/mol. The van der Waals surface area contributed by atoms with E-state index >= 15 is 0 Å². The Bertz CT molecular complexity index is 778. The number of aromatic nitrogens is 1. The number of piperidine rings is 1. The number of nitrogens with zero attached hydrogens (tertiary/aromatic N) is 1. The van der Waals surface area contributed by atoms with Gasteiger partial charge < -0.3 is 15.0 Å². The zero-order valence-electron chi connectivity index (χ0n) is 14.3. The average molecular weight is 328 g/mol. The summed E-state index contributed by atoms with van der Waals surface area (Å²) in [7, 11) is 0. The number of carboxylic acids is 1. The van der Waals surface area contributed by atoms with E-state index < -0.39 is 5.97 Å². The minimum atomic E-state index is -0.764. The number of carboxylic acid groups (broad SMARTS) is 1. The highest BCUT2D eigenvalue weighted by Crippen LogP contribution is 2.25. The predicted octanol–water partition coefficient (Wildman–Crippen LogP) is 3.50. The van der Waals surface area contributed by atoms with Gasteiger partial charge in [-0.25, -0.2) is 0 Å². The molecule has 1 aromatic heterocycles. The lowest BCUT2D eigenvalue weighted by Gasteiger charge is -2.32. The molecule has 24 heavy (non-hydrogen) atoms. The fourth-order valence-electron chi connectivity index (χ4n) is 3.70. The molecule has 1 aliphatic rings. The molecule has 0 aliphatic carbocycles. The van der Waals surface area contributed by atoms with Gasteiger partial charge in [-0.1, -0.05) is 6.07 Å². The van der Waals surface area contributed by atoms with Crippen LogP contribution < -0.4 is 0 Å². The first kappa shape index (κ1) is 16.6. The molecule has 0 bridgehead atoms. The molecule has 128 valence electrons. The van der Waals surface area contributed by atoms with Crippen molar-refractivity contribution in [2.75, 3.05) is 13.1 Å². The van der Waals surface area contributed by atoms with Crippen LogP contribution in [0.2, 0.25) is 0 Å². The number of H-pyrrole nitrogens is 1. The molecule has 0 saturated carbocycles. The second-order valence-corrected chi connectivity index (χ2v) is 6.92. The molecule has 1 fully saturated rings. The summed E-state index contributed by atoms with van der Waals surface area (Å²) >= 11 is 0. The fraction of sp³-hybridized carbons (Fsp3) is 0.474. The van der Waals surface area contributed by atoms with Gasteiger partial charge >= 0.3 is 5.97 Å². The van der Waals surface area contributed by atoms with Crippen molar-refractivity contribution >= 4 is 22.8 Å². The van der Waals surface area contributed by atoms with Crippen LogP contribution in [0.5, 0.6) is 0 Å². The summed E-state index contributed by atoms with van der Waals surface area (Å²) in [6, 6.07) is 6.12. The van der Waals surface area contributed by atoms with Gasteiger partial charge in [0.25, 0.3) is 5.91 Å². The number of hydrogen-bond donors (Lipinski definition) is 2. The van der Waals surface area contributed by atoms with Gasteiger partial charge in [0.1, 0.15) is 5.69 Å². The van der Waals surface area contributed by atoms with E-state index in [-0.39, 0.29) is 18.2 Å². The quantitative estimate of drug-likeness (QED) is 0.902. The van der Waals surface area contributed by atoms with Gasteiger partial charge in [0, 0.05) is 30.4 Å². The van der Waals surface area contributed by atoms with Crippen molar-refractivity contribution in [2.24, 2.45) is 5.92 Å². The van der Waals surface area contributed by atoms with Gasteiger partial charge in [-0.3, -0.25) is 9.59 Å². The molecule has 0 radical (unpaired) electrons. The number of carbonyl (C=O) groups is 2. The Morgan fingerprint density at radius 3 is 2.83 bits per heavy atom. The fourth-order valence-corrected chi connectivity index (χ4v) is 3.70. The summed E-state index contributed by atoms with van der Waals surface area (Å²) in [5.74, 6) is -0.463. The summed E-state index contributed by atoms with van der Waals surface area (Å²) in [4.78, 5) is 28.7. The molecular formula is C19H24N2O3. The van der Waals surface area contributed by atoms with E-state index in [9.17, 15) is 9.59 Å². The van der Waals surface area contributed by atoms with E-state index in [1.54, 1.807) is 0 Å². The third-order valence-corrected chi connectivity index (χ3v) is 4.89. The molecule has 0 spiro atoms. The van der Waals surface area contributed by atoms with E-state index in [0.717, 1.165) is 30.3 Å². The van der Waals surface area contributed by atoms with Gasteiger partial charge in [-0.05, 0) is 62.3 Å². The largest absolute Gasteiger partial charge is 0.481 e. The number of carbonyl (C=O) groups excluding carboxylic acids is 1. The van der Waals surface area contributed by atoms with Gasteiger partial charge in [0.05, 0.1) is 0 Å². The second kappa shape index (κ2) is 6.67. The molecule has 1 aromatic carbocycles. The number of aryl methyl sites for hydroxylation is 2. The summed E-state index contributed by atoms with van der Waals surface area (Å²) < 4.78 is 0. The maximum absolute atomic E-state index is 12.8. The van der Waals surface area contributed by atoms with Gasteiger partial charge in [-0.15, -0.1) is 0 Å². The van der Waals surface area contributed by atoms with Crippen LogP contribution in [-0.2, 0) is 4.79 Å². The molecule has 1 unspecified atom stereocenters. The van der Waals surface area contributed by atoms with Crippen LogP contribution >= 0.6 is 0 Å². The number of likely N-dealkylation sites (tertiary alicyclic amines) is 1. The van der Waals surface area contributed by atoms with Gasteiger partial charge in [0.15, 0.2) is 0 Å². The number of amides is 1. The van der Waals surface area contributed by atoms with Gasteiger partial charge in [0.2, 0.25) is 0 Å². The summed E-state index contributed by atoms with van der Waals surface area (Å²) in [5, 5.41) is 9.93. The second-order valence-electron chi connectivity index (χ2n) is 6.92. The third kappa shape index (κ3) is 3.45. The summed E-state index contributed by atoms with van der Waals surface area (Å²) in [5.41, 5.74) is 3.96. The minimum absolute atomic E-state index is 0.0169. The average Bonchev–Trinajstić information content (AvgIpc) is 2.96. The first-order valence-electron chi connectivity index (χ1n) is 8.55. The van der Waals surface area contributed by atoms with Crippen molar-refractivity contribution in [3.8, 4) is 0 Å². The van der Waals surface area contributed by atoms with Crippen molar-refractivity contribution in [3.63, 3.8) is 0 Å². The molecule has 1 saturated heterocycles. The van der Waals surface area contributed by atoms with Gasteiger partial charge in [-0.2, -0.15) is 0 Å². The maximum atomic E-state index is 12.8. The number of aromatic amines is 1. The Morgan fingerprint density at radius 2 is 2.08 bits per heavy atom. The smallest absolute Gasteiger partial charge is 0.303 e. The van der Waals surface area contributed by atoms with E-state index in [1.165, 1.54) is 11.1 Å². The number of aliphatic carboxylic acids is 1. The standard InChI is InChI=1S/C19H24N2O3/c1-12-8-13(2)15-10-17(20-16(15)9-12)19(24)21-7-3-4-14(11-21)5-6-18(22)23/h8-10,14,20H,3-7,11H2,1-2H3,(H,22,23). The number of nitrogens with one attached hydrogen (secondary N) is 1. The van der Waals surface area contributed by atoms with Crippen LogP contribution in [0.1, 0.15) is 47.3 Å². The molecule has 1 amide bonds. The monoisotopic (exact) mass is 328 g/mol. The van der Waals surface area contributed by atoms with Crippen LogP contribution in [0.15, 0.2) is 18.2 Å². The lowest BCUT2D eigenvalue weighted by molar-refractivity contribution is -0.137. The van der Waals surface area contributed by atoms with E-state index in [2.05, 4.69) is 24.0 Å². The Labute approximate surface area is 141 Å².